The number of nitrogens with zero attached hydrogens (tertiary/aromatic N) is 1. The van der Waals surface area contributed by atoms with Crippen molar-refractivity contribution >= 4 is 5.91 Å². The van der Waals surface area contributed by atoms with Crippen molar-refractivity contribution in [2.45, 2.75) is 13.5 Å². The van der Waals surface area contributed by atoms with Gasteiger partial charge in [0.05, 0.1) is 13.7 Å². The fraction of sp³-hybridized carbons (Fsp3) is 0.250. The van der Waals surface area contributed by atoms with Gasteiger partial charge in [0.2, 0.25) is 5.88 Å². The Morgan fingerprint density at radius 1 is 1.29 bits per heavy atom. The molecule has 0 bridgehead atoms. The van der Waals surface area contributed by atoms with Crippen LogP contribution in [0, 0.1) is 0 Å². The zero-order chi connectivity index (χ0) is 15.1. The van der Waals surface area contributed by atoms with Crippen molar-refractivity contribution in [3.05, 3.63) is 53.7 Å². The molecule has 0 atom stereocenters. The van der Waals surface area contributed by atoms with Gasteiger partial charge in [0.25, 0.3) is 5.91 Å². The number of rotatable bonds is 6. The lowest BCUT2D eigenvalue weighted by Crippen LogP contribution is -2.23. The fourth-order valence-corrected chi connectivity index (χ4v) is 1.87. The van der Waals surface area contributed by atoms with Gasteiger partial charge in [-0.05, 0) is 31.2 Å². The average molecular weight is 286 g/mol. The van der Waals surface area contributed by atoms with Crippen LogP contribution in [-0.4, -0.2) is 24.6 Å². The monoisotopic (exact) mass is 286 g/mol. The second kappa shape index (κ2) is 7.28. The molecule has 0 unspecified atom stereocenters. The molecular weight excluding hydrogens is 268 g/mol. The first-order chi connectivity index (χ1) is 10.2. The van der Waals surface area contributed by atoms with Gasteiger partial charge in [-0.25, -0.2) is 4.98 Å². The molecule has 5 nitrogen and oxygen atoms in total. The first-order valence-corrected chi connectivity index (χ1v) is 6.73. The summed E-state index contributed by atoms with van der Waals surface area (Å²) in [6.45, 7) is 2.79. The Morgan fingerprint density at radius 3 is 2.90 bits per heavy atom. The Kier molecular flexibility index (Phi) is 5.15. The van der Waals surface area contributed by atoms with Crippen molar-refractivity contribution in [1.82, 2.24) is 10.3 Å². The molecule has 0 aliphatic heterocycles. The van der Waals surface area contributed by atoms with Crippen LogP contribution in [0.2, 0.25) is 0 Å². The van der Waals surface area contributed by atoms with E-state index in [-0.39, 0.29) is 5.91 Å². The van der Waals surface area contributed by atoms with Crippen LogP contribution in [0.5, 0.6) is 11.6 Å². The van der Waals surface area contributed by atoms with Crippen molar-refractivity contribution in [3.8, 4) is 11.6 Å². The van der Waals surface area contributed by atoms with E-state index in [1.807, 2.05) is 19.1 Å². The maximum absolute atomic E-state index is 12.1. The number of carbonyl (C=O) groups is 1. The number of nitrogens with one attached hydrogen (secondary N) is 1. The van der Waals surface area contributed by atoms with Crippen molar-refractivity contribution in [2.75, 3.05) is 13.7 Å². The van der Waals surface area contributed by atoms with Gasteiger partial charge in [-0.15, -0.1) is 0 Å². The van der Waals surface area contributed by atoms with Crippen LogP contribution in [0.4, 0.5) is 0 Å². The van der Waals surface area contributed by atoms with Gasteiger partial charge in [-0.3, -0.25) is 4.79 Å². The van der Waals surface area contributed by atoms with Crippen LogP contribution in [0.3, 0.4) is 0 Å². The third kappa shape index (κ3) is 3.95. The summed E-state index contributed by atoms with van der Waals surface area (Å²) < 4.78 is 10.5. The molecule has 1 amide bonds. The summed E-state index contributed by atoms with van der Waals surface area (Å²) in [5.41, 5.74) is 1.40. The second-order valence-corrected chi connectivity index (χ2v) is 4.32. The van der Waals surface area contributed by atoms with E-state index < -0.39 is 0 Å². The topological polar surface area (TPSA) is 60.5 Å². The maximum Gasteiger partial charge on any atom is 0.251 e. The number of ether oxygens (including phenoxy) is 2. The van der Waals surface area contributed by atoms with Gasteiger partial charge in [-0.1, -0.05) is 12.1 Å². The molecule has 0 fully saturated rings. The molecule has 2 aromatic rings. The molecule has 110 valence electrons. The van der Waals surface area contributed by atoms with Crippen molar-refractivity contribution in [3.63, 3.8) is 0 Å². The predicted octanol–water partition coefficient (Wildman–Crippen LogP) is 2.42. The highest BCUT2D eigenvalue weighted by Crippen LogP contribution is 2.15. The molecule has 2 rings (SSSR count). The van der Waals surface area contributed by atoms with E-state index in [1.54, 1.807) is 37.6 Å². The van der Waals surface area contributed by atoms with E-state index in [9.17, 15) is 4.79 Å². The number of pyridine rings is 1. The number of methoxy groups -OCH3 is 1. The lowest BCUT2D eigenvalue weighted by Gasteiger charge is -2.10. The Labute approximate surface area is 123 Å². The summed E-state index contributed by atoms with van der Waals surface area (Å²) in [7, 11) is 1.57. The van der Waals surface area contributed by atoms with Gasteiger partial charge >= 0.3 is 0 Å². The summed E-state index contributed by atoms with van der Waals surface area (Å²) in [6, 6.07) is 10.7. The minimum Gasteiger partial charge on any atom is -0.497 e. The van der Waals surface area contributed by atoms with E-state index in [0.717, 1.165) is 5.56 Å². The average Bonchev–Trinajstić information content (AvgIpc) is 2.54. The Morgan fingerprint density at radius 2 is 2.14 bits per heavy atom. The largest absolute Gasteiger partial charge is 0.497 e. The zero-order valence-corrected chi connectivity index (χ0v) is 12.1. The predicted molar refractivity (Wildman–Crippen MR) is 79.6 cm³/mol. The van der Waals surface area contributed by atoms with Gasteiger partial charge in [0.15, 0.2) is 0 Å². The number of benzene rings is 1. The van der Waals surface area contributed by atoms with Gasteiger partial charge < -0.3 is 14.8 Å². The molecule has 1 N–H and O–H groups in total. The SMILES string of the molecule is CCOc1ncccc1CNC(=O)c1cccc(OC)c1. The summed E-state index contributed by atoms with van der Waals surface area (Å²) >= 11 is 0. The highest BCUT2D eigenvalue weighted by Gasteiger charge is 2.09. The standard InChI is InChI=1S/C16H18N2O3/c1-3-21-16-13(7-5-9-17-16)11-18-15(19)12-6-4-8-14(10-12)20-2/h4-10H,3,11H2,1-2H3,(H,18,19). The first kappa shape index (κ1) is 14.8. The van der Waals surface area contributed by atoms with Crippen LogP contribution in [0.1, 0.15) is 22.8 Å². The lowest BCUT2D eigenvalue weighted by molar-refractivity contribution is 0.0950. The molecule has 0 saturated carbocycles. The van der Waals surface area contributed by atoms with Crippen LogP contribution >= 0.6 is 0 Å². The number of aromatic nitrogens is 1. The third-order valence-electron chi connectivity index (χ3n) is 2.90. The van der Waals surface area contributed by atoms with E-state index in [1.165, 1.54) is 0 Å². The summed E-state index contributed by atoms with van der Waals surface area (Å²) in [5.74, 6) is 1.03. The molecule has 5 heteroatoms. The van der Waals surface area contributed by atoms with Gasteiger partial charge in [-0.2, -0.15) is 0 Å². The van der Waals surface area contributed by atoms with E-state index >= 15 is 0 Å². The van der Waals surface area contributed by atoms with Crippen LogP contribution < -0.4 is 14.8 Å². The highest BCUT2D eigenvalue weighted by atomic mass is 16.5. The second-order valence-electron chi connectivity index (χ2n) is 4.32. The fourth-order valence-electron chi connectivity index (χ4n) is 1.87. The normalized spacial score (nSPS) is 10.0. The Hall–Kier alpha value is -2.56. The maximum atomic E-state index is 12.1. The number of hydrogen-bond acceptors (Lipinski definition) is 4. The third-order valence-corrected chi connectivity index (χ3v) is 2.90. The molecule has 0 spiro atoms. The van der Waals surface area contributed by atoms with Gasteiger partial charge in [0, 0.05) is 23.9 Å². The Balaban J connectivity index is 2.04. The van der Waals surface area contributed by atoms with Crippen LogP contribution in [-0.2, 0) is 6.54 Å². The van der Waals surface area contributed by atoms with E-state index in [4.69, 9.17) is 9.47 Å². The molecular formula is C16H18N2O3. The number of hydrogen-bond donors (Lipinski definition) is 1. The van der Waals surface area contributed by atoms with E-state index in [2.05, 4.69) is 10.3 Å². The quantitative estimate of drug-likeness (QED) is 0.886. The van der Waals surface area contributed by atoms with Crippen LogP contribution in [0.15, 0.2) is 42.6 Å². The molecule has 0 aliphatic carbocycles. The minimum absolute atomic E-state index is 0.166. The summed E-state index contributed by atoms with van der Waals surface area (Å²) in [5, 5.41) is 2.85. The molecule has 0 saturated heterocycles. The lowest BCUT2D eigenvalue weighted by atomic mass is 10.2. The Bertz CT molecular complexity index is 614. The molecule has 1 heterocycles. The first-order valence-electron chi connectivity index (χ1n) is 6.73. The highest BCUT2D eigenvalue weighted by molar-refractivity contribution is 5.94. The molecule has 0 aliphatic rings. The van der Waals surface area contributed by atoms with E-state index in [0.29, 0.717) is 30.3 Å². The summed E-state index contributed by atoms with van der Waals surface area (Å²) in [4.78, 5) is 16.3. The van der Waals surface area contributed by atoms with Crippen molar-refractivity contribution in [1.29, 1.82) is 0 Å². The van der Waals surface area contributed by atoms with Gasteiger partial charge in [0.1, 0.15) is 5.75 Å². The smallest absolute Gasteiger partial charge is 0.251 e. The molecule has 1 aromatic carbocycles. The molecule has 1 aromatic heterocycles. The van der Waals surface area contributed by atoms with Crippen molar-refractivity contribution in [2.24, 2.45) is 0 Å². The van der Waals surface area contributed by atoms with Crippen molar-refractivity contribution < 1.29 is 14.3 Å². The zero-order valence-electron chi connectivity index (χ0n) is 12.1. The minimum atomic E-state index is -0.166. The summed E-state index contributed by atoms with van der Waals surface area (Å²) in [6.07, 6.45) is 1.67. The molecule has 0 radical (unpaired) electrons. The van der Waals surface area contributed by atoms with Crippen LogP contribution in [0.25, 0.3) is 0 Å². The molecule has 21 heavy (non-hydrogen) atoms. The number of carbonyl (C=O) groups excluding carboxylic acids is 1. The number of amides is 1.